The molecule has 6 rings (SSSR count). The van der Waals surface area contributed by atoms with Crippen molar-refractivity contribution in [2.24, 2.45) is 10.8 Å². The number of carbonyl (C=O) groups excluding carboxylic acids is 1. The summed E-state index contributed by atoms with van der Waals surface area (Å²) in [5.74, 6) is -1.23. The number of amides is 1. The Labute approximate surface area is 450 Å². The van der Waals surface area contributed by atoms with Gasteiger partial charge < -0.3 is 15.3 Å². The number of aliphatic hydroxyl groups excluding tert-OH is 2. The van der Waals surface area contributed by atoms with Crippen molar-refractivity contribution in [2.75, 3.05) is 0 Å². The molecule has 0 fully saturated rings. The zero-order valence-electron chi connectivity index (χ0n) is 47.9. The van der Waals surface area contributed by atoms with Gasteiger partial charge in [-0.05, 0) is 179 Å². The molecule has 2 atom stereocenters. The largest absolute Gasteiger partial charge is 0.481 e. The molecule has 5 N–H and O–H groups in total. The number of hydroxylamine groups is 1. The quantitative estimate of drug-likeness (QED) is 0.0383. The van der Waals surface area contributed by atoms with E-state index in [1.807, 2.05) is 36.4 Å². The molecule has 0 saturated carbocycles. The molecule has 7 heteroatoms. The third-order valence-corrected chi connectivity index (χ3v) is 16.5. The second-order valence-corrected chi connectivity index (χ2v) is 23.4. The van der Waals surface area contributed by atoms with Gasteiger partial charge in [-0.25, -0.2) is 5.48 Å². The van der Waals surface area contributed by atoms with E-state index in [-0.39, 0.29) is 46.7 Å². The fourth-order valence-corrected chi connectivity index (χ4v) is 11.1. The predicted molar refractivity (Wildman–Crippen MR) is 311 cm³/mol. The predicted octanol–water partition coefficient (Wildman–Crippen LogP) is 15.5. The number of carboxylic acid groups (broad SMARTS) is 1. The normalized spacial score (nSPS) is 12.9. The van der Waals surface area contributed by atoms with E-state index < -0.39 is 11.9 Å². The summed E-state index contributed by atoms with van der Waals surface area (Å²) in [6, 6.07) is 43.1. The summed E-state index contributed by atoms with van der Waals surface area (Å²) in [5, 5.41) is 39.1. The monoisotopic (exact) mass is 1020 g/mol. The summed E-state index contributed by atoms with van der Waals surface area (Å²) >= 11 is 0. The molecule has 6 aromatic rings. The van der Waals surface area contributed by atoms with Crippen molar-refractivity contribution in [3.63, 3.8) is 0 Å². The molecule has 0 aliphatic rings. The maximum atomic E-state index is 11.6. The van der Waals surface area contributed by atoms with Gasteiger partial charge in [0.05, 0.1) is 25.0 Å². The molecule has 0 bridgehead atoms. The van der Waals surface area contributed by atoms with Crippen molar-refractivity contribution in [3.05, 3.63) is 188 Å². The molecule has 0 radical (unpaired) electrons. The lowest BCUT2D eigenvalue weighted by Crippen LogP contribution is -2.27. The first-order chi connectivity index (χ1) is 35.4. The van der Waals surface area contributed by atoms with Gasteiger partial charge in [-0.3, -0.25) is 14.8 Å². The van der Waals surface area contributed by atoms with Crippen molar-refractivity contribution >= 4 is 11.9 Å². The third-order valence-electron chi connectivity index (χ3n) is 16.5. The Morgan fingerprint density at radius 3 is 1.13 bits per heavy atom. The first-order valence-corrected chi connectivity index (χ1v) is 27.5. The number of benzene rings is 6. The Balaban J connectivity index is 0.000000277. The van der Waals surface area contributed by atoms with Crippen LogP contribution in [0, 0.1) is 38.5 Å². The van der Waals surface area contributed by atoms with Gasteiger partial charge in [0, 0.05) is 10.8 Å². The smallest absolute Gasteiger partial charge is 0.307 e. The Bertz CT molecular complexity index is 2870. The number of aliphatic carboxylic acids is 1. The second kappa shape index (κ2) is 25.8. The molecule has 0 aliphatic heterocycles. The van der Waals surface area contributed by atoms with E-state index in [2.05, 4.69) is 182 Å². The molecule has 75 heavy (non-hydrogen) atoms. The topological polar surface area (TPSA) is 127 Å². The van der Waals surface area contributed by atoms with Gasteiger partial charge in [0.1, 0.15) is 0 Å². The minimum atomic E-state index is -0.813. The third kappa shape index (κ3) is 14.8. The molecule has 0 spiro atoms. The van der Waals surface area contributed by atoms with Gasteiger partial charge in [-0.1, -0.05) is 191 Å². The maximum Gasteiger partial charge on any atom is 0.307 e. The van der Waals surface area contributed by atoms with Crippen LogP contribution in [0.25, 0.3) is 22.3 Å². The van der Waals surface area contributed by atoms with E-state index in [1.165, 1.54) is 55.6 Å². The van der Waals surface area contributed by atoms with Crippen molar-refractivity contribution < 1.29 is 30.1 Å². The average Bonchev–Trinajstić information content (AvgIpc) is 3.36. The number of hydrogen-bond acceptors (Lipinski definition) is 5. The van der Waals surface area contributed by atoms with E-state index in [4.69, 9.17) is 5.21 Å². The van der Waals surface area contributed by atoms with Crippen molar-refractivity contribution in [1.82, 2.24) is 5.48 Å². The van der Waals surface area contributed by atoms with Crippen LogP contribution in [-0.2, 0) is 46.1 Å². The van der Waals surface area contributed by atoms with E-state index in [9.17, 15) is 24.9 Å². The number of aryl methyl sites for hydroxylation is 6. The summed E-state index contributed by atoms with van der Waals surface area (Å²) in [5.41, 5.74) is 20.3. The van der Waals surface area contributed by atoms with Crippen LogP contribution < -0.4 is 5.48 Å². The van der Waals surface area contributed by atoms with E-state index in [0.717, 1.165) is 84.7 Å². The summed E-state index contributed by atoms with van der Waals surface area (Å²) in [6.45, 7) is 30.3. The number of carbonyl (C=O) groups is 2. The highest BCUT2D eigenvalue weighted by molar-refractivity contribution is 5.78. The van der Waals surface area contributed by atoms with Crippen molar-refractivity contribution in [1.29, 1.82) is 0 Å². The first-order valence-electron chi connectivity index (χ1n) is 27.5. The lowest BCUT2D eigenvalue weighted by molar-refractivity contribution is -0.136. The standard InChI is InChI=1S/C34H45NO3.C34H44O3/c1-8-34(9-2,28-15-13-26(23(3)19-28)14-18-31(36)33(5,6)7)29-16-17-30(24(4)20-29)27-12-10-11-25(21-27)22-32(37)35-38;1-8-34(9-2,28-15-13-26(23(3)19-28)14-18-31(35)33(5,6)7)29-16-17-30(24(4)20-29)27-12-10-11-25(21-27)22-32(36)37/h10-13,15-17,19-21,31,36,38H,8-9,14,18,22H2,1-7H3,(H,35,37);10-13,15-17,19-21,31,35H,8-9,14,18,22H2,1-7H3,(H,36,37). The van der Waals surface area contributed by atoms with E-state index in [0.29, 0.717) is 0 Å². The van der Waals surface area contributed by atoms with Crippen LogP contribution in [0.1, 0.15) is 175 Å². The number of aliphatic hydroxyl groups is 2. The van der Waals surface area contributed by atoms with Gasteiger partial charge in [0.2, 0.25) is 5.91 Å². The minimum Gasteiger partial charge on any atom is -0.481 e. The Kier molecular flexibility index (Phi) is 20.6. The number of carboxylic acids is 1. The summed E-state index contributed by atoms with van der Waals surface area (Å²) < 4.78 is 0. The molecule has 0 saturated heterocycles. The fraction of sp³-hybridized carbons (Fsp3) is 0.441. The van der Waals surface area contributed by atoms with Gasteiger partial charge in [-0.2, -0.15) is 0 Å². The molecule has 6 aromatic carbocycles. The van der Waals surface area contributed by atoms with E-state index >= 15 is 0 Å². The molecule has 0 aliphatic carbocycles. The van der Waals surface area contributed by atoms with Crippen LogP contribution >= 0.6 is 0 Å². The molecular formula is C68H89NO6. The second-order valence-electron chi connectivity index (χ2n) is 23.4. The highest BCUT2D eigenvalue weighted by Crippen LogP contribution is 2.43. The average molecular weight is 1020 g/mol. The minimum absolute atomic E-state index is 0.0320. The van der Waals surface area contributed by atoms with Gasteiger partial charge in [-0.15, -0.1) is 0 Å². The summed E-state index contributed by atoms with van der Waals surface area (Å²) in [7, 11) is 0. The molecule has 402 valence electrons. The fourth-order valence-electron chi connectivity index (χ4n) is 11.1. The zero-order chi connectivity index (χ0) is 55.5. The zero-order valence-corrected chi connectivity index (χ0v) is 47.9. The number of nitrogens with one attached hydrogen (secondary N) is 1. The van der Waals surface area contributed by atoms with Crippen LogP contribution in [0.15, 0.2) is 121 Å². The molecule has 2 unspecified atom stereocenters. The maximum absolute atomic E-state index is 11.6. The molecule has 0 aromatic heterocycles. The van der Waals surface area contributed by atoms with Crippen LogP contribution in [0.5, 0.6) is 0 Å². The van der Waals surface area contributed by atoms with Crippen LogP contribution in [0.3, 0.4) is 0 Å². The van der Waals surface area contributed by atoms with Crippen LogP contribution in [-0.4, -0.2) is 44.6 Å². The SMILES string of the molecule is CCC(CC)(c1ccc(CCC(O)C(C)(C)C)c(C)c1)c1ccc(-c2cccc(CC(=O)NO)c2)c(C)c1.CCC(CC)(c1ccc(CCC(O)C(C)(C)C)c(C)c1)c1ccc(-c2cccc(CC(=O)O)c2)c(C)c1. The first kappa shape index (κ1) is 60.0. The highest BCUT2D eigenvalue weighted by Gasteiger charge is 2.33. The molecule has 1 amide bonds. The lowest BCUT2D eigenvalue weighted by Gasteiger charge is -2.34. The summed E-state index contributed by atoms with van der Waals surface area (Å²) in [4.78, 5) is 22.8. The van der Waals surface area contributed by atoms with Crippen LogP contribution in [0.2, 0.25) is 0 Å². The number of hydrogen-bond donors (Lipinski definition) is 5. The summed E-state index contributed by atoms with van der Waals surface area (Å²) in [6.07, 6.45) is 6.82. The molecule has 7 nitrogen and oxygen atoms in total. The van der Waals surface area contributed by atoms with Crippen molar-refractivity contribution in [3.8, 4) is 22.3 Å². The Morgan fingerprint density at radius 1 is 0.480 bits per heavy atom. The Hall–Kier alpha value is -5.86. The van der Waals surface area contributed by atoms with Gasteiger partial charge in [0.15, 0.2) is 0 Å². The highest BCUT2D eigenvalue weighted by atomic mass is 16.5. The lowest BCUT2D eigenvalue weighted by atomic mass is 9.69. The number of rotatable bonds is 20. The van der Waals surface area contributed by atoms with Crippen molar-refractivity contribution in [2.45, 2.75) is 184 Å². The molecular weight excluding hydrogens is 927 g/mol. The molecule has 0 heterocycles. The van der Waals surface area contributed by atoms with Gasteiger partial charge in [0.25, 0.3) is 0 Å². The van der Waals surface area contributed by atoms with E-state index in [1.54, 1.807) is 5.48 Å². The van der Waals surface area contributed by atoms with Gasteiger partial charge >= 0.3 is 5.97 Å². The Morgan fingerprint density at radius 2 is 0.827 bits per heavy atom. The van der Waals surface area contributed by atoms with Crippen LogP contribution in [0.4, 0.5) is 0 Å².